The van der Waals surface area contributed by atoms with Gasteiger partial charge in [-0.1, -0.05) is 19.8 Å². The molecule has 0 heterocycles. The van der Waals surface area contributed by atoms with Gasteiger partial charge in [-0.25, -0.2) is 0 Å². The molecule has 0 N–H and O–H groups in total. The maximum Gasteiger partial charge on any atom is 0.164 e. The van der Waals surface area contributed by atoms with Crippen molar-refractivity contribution in [3.05, 3.63) is 0 Å². The highest BCUT2D eigenvalue weighted by molar-refractivity contribution is 5.87. The number of ketones is 2. The Morgan fingerprint density at radius 3 is 1.39 bits per heavy atom. The van der Waals surface area contributed by atoms with Crippen molar-refractivity contribution in [1.29, 1.82) is 0 Å². The molecule has 38 heavy (non-hydrogen) atoms. The minimum atomic E-state index is -0.826. The molecule has 7 nitrogen and oxygen atoms in total. The van der Waals surface area contributed by atoms with Gasteiger partial charge in [-0.3, -0.25) is 9.59 Å². The summed E-state index contributed by atoms with van der Waals surface area (Å²) in [6.45, 7) is 22.6. The predicted octanol–water partition coefficient (Wildman–Crippen LogP) is 6.87. The SMILES string of the molecule is CCC(C)(OCCOCCOC(C)(C)C(=O)CCCCCOC(C)(C)C)C(=O)CCCCCOC(C)(C)C. The summed E-state index contributed by atoms with van der Waals surface area (Å²) in [5.74, 6) is 0.249. The number of unbranched alkanes of at least 4 members (excludes halogenated alkanes) is 4. The standard InChI is InChI=1S/C31H60O7/c1-11-31(10,27(33)19-15-13-17-21-36-29(5,6)7)38-25-23-34-22-24-37-30(8,9)26(32)18-14-12-16-20-35-28(2,3)4/h11-25H2,1-10H3. The van der Waals surface area contributed by atoms with Crippen LogP contribution in [0.25, 0.3) is 0 Å². The minimum Gasteiger partial charge on any atom is -0.377 e. The van der Waals surface area contributed by atoms with Crippen molar-refractivity contribution in [2.45, 2.75) is 149 Å². The van der Waals surface area contributed by atoms with Crippen molar-refractivity contribution in [2.24, 2.45) is 0 Å². The molecule has 0 aromatic heterocycles. The lowest BCUT2D eigenvalue weighted by Gasteiger charge is -2.27. The smallest absolute Gasteiger partial charge is 0.164 e. The maximum absolute atomic E-state index is 12.7. The Morgan fingerprint density at radius 2 is 0.947 bits per heavy atom. The normalized spacial score (nSPS) is 14.5. The Kier molecular flexibility index (Phi) is 18.1. The summed E-state index contributed by atoms with van der Waals surface area (Å²) in [6.07, 6.45) is 7.18. The lowest BCUT2D eigenvalue weighted by Crippen LogP contribution is -2.39. The summed E-state index contributed by atoms with van der Waals surface area (Å²) in [7, 11) is 0. The zero-order valence-electron chi connectivity index (χ0n) is 26.5. The number of hydrogen-bond donors (Lipinski definition) is 0. The molecule has 1 atom stereocenters. The van der Waals surface area contributed by atoms with Crippen molar-refractivity contribution in [3.63, 3.8) is 0 Å². The summed E-state index contributed by atoms with van der Waals surface area (Å²) in [6, 6.07) is 0. The Labute approximate surface area is 234 Å². The van der Waals surface area contributed by atoms with Crippen LogP contribution >= 0.6 is 0 Å². The third kappa shape index (κ3) is 19.2. The van der Waals surface area contributed by atoms with E-state index in [2.05, 4.69) is 0 Å². The number of hydrogen-bond acceptors (Lipinski definition) is 7. The lowest BCUT2D eigenvalue weighted by atomic mass is 9.93. The van der Waals surface area contributed by atoms with Crippen LogP contribution in [0.3, 0.4) is 0 Å². The molecule has 7 heteroatoms. The first kappa shape index (κ1) is 37.1. The van der Waals surface area contributed by atoms with Crippen LogP contribution in [0.5, 0.6) is 0 Å². The lowest BCUT2D eigenvalue weighted by molar-refractivity contribution is -0.147. The first-order valence-electron chi connectivity index (χ1n) is 14.7. The Balaban J connectivity index is 4.01. The molecule has 0 rings (SSSR count). The summed E-state index contributed by atoms with van der Waals surface area (Å²) in [4.78, 5) is 25.3. The molecule has 0 aliphatic rings. The molecule has 0 aliphatic carbocycles. The third-order valence-electron chi connectivity index (χ3n) is 6.44. The molecular formula is C31H60O7. The van der Waals surface area contributed by atoms with Crippen LogP contribution in [0, 0.1) is 0 Å². The van der Waals surface area contributed by atoms with Crippen molar-refractivity contribution < 1.29 is 33.3 Å². The van der Waals surface area contributed by atoms with Gasteiger partial charge in [0.1, 0.15) is 11.2 Å². The number of carbonyl (C=O) groups excluding carboxylic acids is 2. The van der Waals surface area contributed by atoms with Gasteiger partial charge in [0.15, 0.2) is 11.6 Å². The van der Waals surface area contributed by atoms with Crippen LogP contribution in [-0.4, -0.2) is 73.6 Å². The van der Waals surface area contributed by atoms with Gasteiger partial charge in [0.2, 0.25) is 0 Å². The number of carbonyl (C=O) groups is 2. The number of ether oxygens (including phenoxy) is 5. The molecule has 0 saturated heterocycles. The van der Waals surface area contributed by atoms with E-state index in [0.717, 1.165) is 51.7 Å². The summed E-state index contributed by atoms with van der Waals surface area (Å²) >= 11 is 0. The van der Waals surface area contributed by atoms with Crippen LogP contribution in [0.15, 0.2) is 0 Å². The van der Waals surface area contributed by atoms with Crippen molar-refractivity contribution in [2.75, 3.05) is 39.6 Å². The first-order chi connectivity index (χ1) is 17.5. The summed E-state index contributed by atoms with van der Waals surface area (Å²) in [5.41, 5.74) is -1.84. The fourth-order valence-electron chi connectivity index (χ4n) is 3.69. The first-order valence-corrected chi connectivity index (χ1v) is 14.7. The van der Waals surface area contributed by atoms with E-state index < -0.39 is 11.2 Å². The third-order valence-corrected chi connectivity index (χ3v) is 6.44. The highest BCUT2D eigenvalue weighted by Crippen LogP contribution is 2.21. The second kappa shape index (κ2) is 18.5. The van der Waals surface area contributed by atoms with Crippen LogP contribution < -0.4 is 0 Å². The molecule has 0 saturated carbocycles. The van der Waals surface area contributed by atoms with E-state index in [-0.39, 0.29) is 22.8 Å². The fraction of sp³-hybridized carbons (Fsp3) is 0.935. The molecular weight excluding hydrogens is 484 g/mol. The van der Waals surface area contributed by atoms with E-state index in [1.54, 1.807) is 0 Å². The maximum atomic E-state index is 12.7. The number of Topliss-reactive ketones (excluding diaryl/α,β-unsaturated/α-hetero) is 2. The fourth-order valence-corrected chi connectivity index (χ4v) is 3.69. The molecule has 0 aromatic rings. The van der Waals surface area contributed by atoms with Crippen LogP contribution in [-0.2, 0) is 33.3 Å². The Morgan fingerprint density at radius 1 is 0.500 bits per heavy atom. The largest absolute Gasteiger partial charge is 0.377 e. The van der Waals surface area contributed by atoms with Gasteiger partial charge in [-0.15, -0.1) is 0 Å². The highest BCUT2D eigenvalue weighted by atomic mass is 16.6. The van der Waals surface area contributed by atoms with Crippen molar-refractivity contribution >= 4 is 11.6 Å². The number of rotatable bonds is 23. The molecule has 1 unspecified atom stereocenters. The zero-order chi connectivity index (χ0) is 29.3. The molecule has 0 aliphatic heterocycles. The molecule has 0 amide bonds. The van der Waals surface area contributed by atoms with Gasteiger partial charge < -0.3 is 23.7 Å². The molecule has 0 bridgehead atoms. The average Bonchev–Trinajstić information content (AvgIpc) is 2.80. The average molecular weight is 545 g/mol. The topological polar surface area (TPSA) is 80.3 Å². The highest BCUT2D eigenvalue weighted by Gasteiger charge is 2.31. The van der Waals surface area contributed by atoms with E-state index in [4.69, 9.17) is 23.7 Å². The quantitative estimate of drug-likeness (QED) is 0.130. The van der Waals surface area contributed by atoms with Gasteiger partial charge in [-0.05, 0) is 94.4 Å². The second-order valence-electron chi connectivity index (χ2n) is 12.8. The van der Waals surface area contributed by atoms with Crippen LogP contribution in [0.1, 0.15) is 127 Å². The molecule has 226 valence electrons. The molecule has 0 aromatic carbocycles. The molecule has 0 spiro atoms. The molecule has 0 fully saturated rings. The van der Waals surface area contributed by atoms with E-state index in [1.807, 2.05) is 69.2 Å². The summed E-state index contributed by atoms with van der Waals surface area (Å²) in [5, 5.41) is 0. The van der Waals surface area contributed by atoms with Crippen molar-refractivity contribution in [1.82, 2.24) is 0 Å². The van der Waals surface area contributed by atoms with Gasteiger partial charge in [0.25, 0.3) is 0 Å². The Bertz CT molecular complexity index is 646. The van der Waals surface area contributed by atoms with Gasteiger partial charge in [-0.2, -0.15) is 0 Å². The van der Waals surface area contributed by atoms with Crippen LogP contribution in [0.2, 0.25) is 0 Å². The monoisotopic (exact) mass is 544 g/mol. The van der Waals surface area contributed by atoms with Gasteiger partial charge >= 0.3 is 0 Å². The van der Waals surface area contributed by atoms with Crippen LogP contribution in [0.4, 0.5) is 0 Å². The van der Waals surface area contributed by atoms with E-state index in [9.17, 15) is 9.59 Å². The van der Waals surface area contributed by atoms with E-state index >= 15 is 0 Å². The van der Waals surface area contributed by atoms with Gasteiger partial charge in [0.05, 0.1) is 37.6 Å². The molecule has 0 radical (unpaired) electrons. The van der Waals surface area contributed by atoms with E-state index in [0.29, 0.717) is 45.7 Å². The van der Waals surface area contributed by atoms with Gasteiger partial charge in [0, 0.05) is 26.1 Å². The minimum absolute atomic E-state index is 0.108. The van der Waals surface area contributed by atoms with E-state index in [1.165, 1.54) is 0 Å². The second-order valence-corrected chi connectivity index (χ2v) is 12.8. The predicted molar refractivity (Wildman–Crippen MR) is 154 cm³/mol. The zero-order valence-corrected chi connectivity index (χ0v) is 26.5. The Hall–Kier alpha value is -0.860. The summed E-state index contributed by atoms with van der Waals surface area (Å²) < 4.78 is 28.8. The van der Waals surface area contributed by atoms with Crippen molar-refractivity contribution in [3.8, 4) is 0 Å².